The monoisotopic (exact) mass is 304 g/mol. The molecule has 0 aliphatic carbocycles. The van der Waals surface area contributed by atoms with Gasteiger partial charge in [0.15, 0.2) is 0 Å². The SMILES string of the molecule is C=CCOc1nn(C(=O)OCC)c2ccc(CCCO)cc12. The molecule has 118 valence electrons. The van der Waals surface area contributed by atoms with Crippen molar-refractivity contribution in [3.63, 3.8) is 0 Å². The Balaban J connectivity index is 2.44. The first-order valence-electron chi connectivity index (χ1n) is 7.24. The van der Waals surface area contributed by atoms with E-state index in [9.17, 15) is 4.79 Å². The van der Waals surface area contributed by atoms with E-state index in [1.165, 1.54) is 4.68 Å². The van der Waals surface area contributed by atoms with Gasteiger partial charge in [-0.15, -0.1) is 5.10 Å². The van der Waals surface area contributed by atoms with Crippen molar-refractivity contribution in [2.45, 2.75) is 19.8 Å². The van der Waals surface area contributed by atoms with Crippen LogP contribution in [0.4, 0.5) is 4.79 Å². The normalized spacial score (nSPS) is 10.6. The number of benzene rings is 1. The Morgan fingerprint density at radius 1 is 1.50 bits per heavy atom. The largest absolute Gasteiger partial charge is 0.472 e. The molecular formula is C16H20N2O4. The summed E-state index contributed by atoms with van der Waals surface area (Å²) in [6, 6.07) is 5.64. The Labute approximate surface area is 128 Å². The van der Waals surface area contributed by atoms with Crippen LogP contribution in [0.25, 0.3) is 10.9 Å². The zero-order valence-corrected chi connectivity index (χ0v) is 12.6. The Kier molecular flexibility index (Phi) is 5.55. The van der Waals surface area contributed by atoms with Crippen LogP contribution < -0.4 is 4.74 Å². The molecule has 1 aromatic heterocycles. The number of rotatable bonds is 7. The highest BCUT2D eigenvalue weighted by atomic mass is 16.6. The molecule has 0 aliphatic heterocycles. The fraction of sp³-hybridized carbons (Fsp3) is 0.375. The molecule has 22 heavy (non-hydrogen) atoms. The molecule has 1 heterocycles. The summed E-state index contributed by atoms with van der Waals surface area (Å²) in [4.78, 5) is 12.0. The van der Waals surface area contributed by atoms with Crippen LogP contribution in [0, 0.1) is 0 Å². The van der Waals surface area contributed by atoms with E-state index in [0.717, 1.165) is 17.4 Å². The standard InChI is InChI=1S/C16H20N2O4/c1-3-10-22-15-13-11-12(6-5-9-19)7-8-14(13)18(17-15)16(20)21-4-2/h3,7-8,11,19H,1,4-6,9-10H2,2H3. The molecule has 2 rings (SSSR count). The quantitative estimate of drug-likeness (QED) is 0.796. The van der Waals surface area contributed by atoms with Crippen molar-refractivity contribution in [2.24, 2.45) is 0 Å². The smallest absolute Gasteiger partial charge is 0.435 e. The Morgan fingerprint density at radius 2 is 2.32 bits per heavy atom. The van der Waals surface area contributed by atoms with Crippen molar-refractivity contribution in [3.8, 4) is 5.88 Å². The molecule has 6 heteroatoms. The second-order valence-electron chi connectivity index (χ2n) is 4.69. The lowest BCUT2D eigenvalue weighted by Crippen LogP contribution is -2.15. The van der Waals surface area contributed by atoms with Gasteiger partial charge in [0.25, 0.3) is 0 Å². The number of aromatic nitrogens is 2. The first-order chi connectivity index (χ1) is 10.7. The van der Waals surface area contributed by atoms with Crippen LogP contribution in [0.1, 0.15) is 18.9 Å². The van der Waals surface area contributed by atoms with Crippen LogP contribution in [0.3, 0.4) is 0 Å². The lowest BCUT2D eigenvalue weighted by Gasteiger charge is -2.03. The molecule has 0 fully saturated rings. The number of fused-ring (bicyclic) bond motifs is 1. The molecule has 6 nitrogen and oxygen atoms in total. The van der Waals surface area contributed by atoms with Gasteiger partial charge in [-0.05, 0) is 37.5 Å². The molecular weight excluding hydrogens is 284 g/mol. The molecule has 1 aromatic carbocycles. The predicted molar refractivity (Wildman–Crippen MR) is 83.3 cm³/mol. The minimum absolute atomic E-state index is 0.139. The molecule has 0 spiro atoms. The fourth-order valence-corrected chi connectivity index (χ4v) is 2.14. The van der Waals surface area contributed by atoms with Gasteiger partial charge in [0, 0.05) is 6.61 Å². The van der Waals surface area contributed by atoms with Crippen LogP contribution in [-0.4, -0.2) is 40.8 Å². The molecule has 0 aliphatic rings. The number of aryl methyl sites for hydroxylation is 1. The van der Waals surface area contributed by atoms with Gasteiger partial charge in [0.1, 0.15) is 6.61 Å². The van der Waals surface area contributed by atoms with Gasteiger partial charge in [-0.2, -0.15) is 4.68 Å². The Bertz CT molecular complexity index is 663. The highest BCUT2D eigenvalue weighted by Crippen LogP contribution is 2.27. The van der Waals surface area contributed by atoms with E-state index < -0.39 is 6.09 Å². The topological polar surface area (TPSA) is 73.6 Å². The molecule has 2 aromatic rings. The number of hydrogen-bond acceptors (Lipinski definition) is 5. The van der Waals surface area contributed by atoms with Gasteiger partial charge in [-0.1, -0.05) is 18.7 Å². The number of hydrogen-bond donors (Lipinski definition) is 1. The minimum Gasteiger partial charge on any atom is -0.472 e. The summed E-state index contributed by atoms with van der Waals surface area (Å²) in [6.45, 7) is 6.06. The summed E-state index contributed by atoms with van der Waals surface area (Å²) in [7, 11) is 0. The van der Waals surface area contributed by atoms with Gasteiger partial charge in [0.05, 0.1) is 17.5 Å². The summed E-state index contributed by atoms with van der Waals surface area (Å²) in [5, 5.41) is 13.9. The van der Waals surface area contributed by atoms with E-state index in [1.807, 2.05) is 18.2 Å². The molecule has 0 bridgehead atoms. The lowest BCUT2D eigenvalue weighted by atomic mass is 10.1. The molecule has 0 amide bonds. The number of aliphatic hydroxyl groups is 1. The van der Waals surface area contributed by atoms with Gasteiger partial charge < -0.3 is 14.6 Å². The molecule has 0 atom stereocenters. The van der Waals surface area contributed by atoms with Crippen LogP contribution in [0.15, 0.2) is 30.9 Å². The molecule has 1 N–H and O–H groups in total. The summed E-state index contributed by atoms with van der Waals surface area (Å²) in [5.41, 5.74) is 1.68. The first-order valence-corrected chi connectivity index (χ1v) is 7.24. The molecule has 0 unspecified atom stereocenters. The second kappa shape index (κ2) is 7.61. The molecule has 0 radical (unpaired) electrons. The van der Waals surface area contributed by atoms with Crippen molar-refractivity contribution < 1.29 is 19.4 Å². The van der Waals surface area contributed by atoms with E-state index in [-0.39, 0.29) is 13.2 Å². The number of carbonyl (C=O) groups is 1. The van der Waals surface area contributed by atoms with Crippen LogP contribution in [0.5, 0.6) is 5.88 Å². The first kappa shape index (κ1) is 16.0. The summed E-state index contributed by atoms with van der Waals surface area (Å²) in [5.74, 6) is 0.369. The third-order valence-corrected chi connectivity index (χ3v) is 3.11. The zero-order chi connectivity index (χ0) is 15.9. The van der Waals surface area contributed by atoms with Crippen molar-refractivity contribution in [2.75, 3.05) is 19.8 Å². The van der Waals surface area contributed by atoms with Crippen LogP contribution in [-0.2, 0) is 11.2 Å². The van der Waals surface area contributed by atoms with E-state index in [2.05, 4.69) is 11.7 Å². The third-order valence-electron chi connectivity index (χ3n) is 3.11. The maximum atomic E-state index is 12.0. The van der Waals surface area contributed by atoms with Crippen molar-refractivity contribution in [3.05, 3.63) is 36.4 Å². The average molecular weight is 304 g/mol. The molecule has 0 saturated carbocycles. The molecule has 0 saturated heterocycles. The van der Waals surface area contributed by atoms with Crippen LogP contribution >= 0.6 is 0 Å². The summed E-state index contributed by atoms with van der Waals surface area (Å²) >= 11 is 0. The van der Waals surface area contributed by atoms with Gasteiger partial charge in [0.2, 0.25) is 5.88 Å². The van der Waals surface area contributed by atoms with E-state index >= 15 is 0 Å². The van der Waals surface area contributed by atoms with Crippen molar-refractivity contribution in [1.82, 2.24) is 9.78 Å². The predicted octanol–water partition coefficient (Wildman–Crippen LogP) is 2.53. The van der Waals surface area contributed by atoms with Crippen molar-refractivity contribution >= 4 is 17.0 Å². The minimum atomic E-state index is -0.538. The van der Waals surface area contributed by atoms with Crippen LogP contribution in [0.2, 0.25) is 0 Å². The fourth-order valence-electron chi connectivity index (χ4n) is 2.14. The average Bonchev–Trinajstić information content (AvgIpc) is 2.89. The van der Waals surface area contributed by atoms with E-state index in [1.54, 1.807) is 13.0 Å². The number of carbonyl (C=O) groups excluding carboxylic acids is 1. The highest BCUT2D eigenvalue weighted by molar-refractivity contribution is 5.92. The number of aliphatic hydroxyl groups excluding tert-OH is 1. The zero-order valence-electron chi connectivity index (χ0n) is 12.6. The van der Waals surface area contributed by atoms with E-state index in [4.69, 9.17) is 14.6 Å². The maximum Gasteiger partial charge on any atom is 0.435 e. The summed E-state index contributed by atoms with van der Waals surface area (Å²) in [6.07, 6.45) is 2.51. The Hall–Kier alpha value is -2.34. The van der Waals surface area contributed by atoms with Gasteiger partial charge in [-0.3, -0.25) is 0 Å². The summed E-state index contributed by atoms with van der Waals surface area (Å²) < 4.78 is 11.7. The highest BCUT2D eigenvalue weighted by Gasteiger charge is 2.17. The Morgan fingerprint density at radius 3 is 3.00 bits per heavy atom. The second-order valence-corrected chi connectivity index (χ2v) is 4.69. The number of ether oxygens (including phenoxy) is 2. The lowest BCUT2D eigenvalue weighted by molar-refractivity contribution is 0.151. The maximum absolute atomic E-state index is 12.0. The van der Waals surface area contributed by atoms with Gasteiger partial charge in [-0.25, -0.2) is 4.79 Å². The third kappa shape index (κ3) is 3.46. The van der Waals surface area contributed by atoms with Crippen molar-refractivity contribution in [1.29, 1.82) is 0 Å². The van der Waals surface area contributed by atoms with E-state index in [0.29, 0.717) is 24.4 Å². The van der Waals surface area contributed by atoms with Gasteiger partial charge >= 0.3 is 6.09 Å². The number of nitrogens with zero attached hydrogens (tertiary/aromatic N) is 2.